The van der Waals surface area contributed by atoms with E-state index in [9.17, 15) is 4.79 Å². The summed E-state index contributed by atoms with van der Waals surface area (Å²) in [5, 5.41) is 4.02. The lowest BCUT2D eigenvalue weighted by Gasteiger charge is -2.15. The molecule has 1 N–H and O–H groups in total. The van der Waals surface area contributed by atoms with Crippen molar-refractivity contribution in [1.29, 1.82) is 0 Å². The molecule has 3 aromatic rings. The Bertz CT molecular complexity index is 803. The number of hydrogen-bond acceptors (Lipinski definition) is 3. The number of nitrogens with zero attached hydrogens (tertiary/aromatic N) is 1. The second kappa shape index (κ2) is 5.23. The van der Waals surface area contributed by atoms with Crippen LogP contribution in [-0.4, -0.2) is 11.0 Å². The third-order valence-electron chi connectivity index (χ3n) is 3.55. The van der Waals surface area contributed by atoms with Gasteiger partial charge in [0, 0.05) is 6.04 Å². The number of nitrogens with one attached hydrogen (secondary N) is 1. The molecule has 0 aliphatic heterocycles. The number of fused-ring (bicyclic) bond motifs is 1. The smallest absolute Gasteiger partial charge is 0.273 e. The zero-order chi connectivity index (χ0) is 14.1. The summed E-state index contributed by atoms with van der Waals surface area (Å²) < 4.78 is 2.80. The van der Waals surface area contributed by atoms with Gasteiger partial charge in [-0.05, 0) is 37.7 Å². The van der Waals surface area contributed by atoms with Crippen LogP contribution in [0.15, 0.2) is 53.3 Å². The topological polar surface area (TPSA) is 34.0 Å². The lowest BCUT2D eigenvalue weighted by atomic mass is 10.1. The molecule has 102 valence electrons. The van der Waals surface area contributed by atoms with E-state index in [0.717, 1.165) is 21.3 Å². The van der Waals surface area contributed by atoms with Crippen molar-refractivity contribution in [2.75, 3.05) is 7.05 Å². The maximum atomic E-state index is 12.5. The number of benzene rings is 2. The number of para-hydroxylation sites is 1. The van der Waals surface area contributed by atoms with Crippen LogP contribution in [0.1, 0.15) is 18.5 Å². The highest BCUT2D eigenvalue weighted by atomic mass is 32.1. The van der Waals surface area contributed by atoms with E-state index in [2.05, 4.69) is 18.3 Å². The molecule has 1 unspecified atom stereocenters. The monoisotopic (exact) mass is 284 g/mol. The van der Waals surface area contributed by atoms with Crippen molar-refractivity contribution in [3.05, 3.63) is 64.4 Å². The molecule has 1 atom stereocenters. The van der Waals surface area contributed by atoms with Crippen LogP contribution in [0.2, 0.25) is 0 Å². The first kappa shape index (κ1) is 13.1. The zero-order valence-electron chi connectivity index (χ0n) is 11.5. The summed E-state index contributed by atoms with van der Waals surface area (Å²) in [5.74, 6) is 0. The van der Waals surface area contributed by atoms with E-state index in [1.807, 2.05) is 49.5 Å². The molecular formula is C16H16N2OS. The highest BCUT2D eigenvalue weighted by molar-refractivity contribution is 7.14. The lowest BCUT2D eigenvalue weighted by Crippen LogP contribution is -2.18. The average molecular weight is 284 g/mol. The van der Waals surface area contributed by atoms with Crippen molar-refractivity contribution in [1.82, 2.24) is 9.27 Å². The van der Waals surface area contributed by atoms with E-state index in [0.29, 0.717) is 0 Å². The summed E-state index contributed by atoms with van der Waals surface area (Å²) in [4.78, 5) is 12.5. The van der Waals surface area contributed by atoms with Gasteiger partial charge in [-0.2, -0.15) is 0 Å². The Morgan fingerprint density at radius 2 is 1.80 bits per heavy atom. The Kier molecular flexibility index (Phi) is 3.42. The van der Waals surface area contributed by atoms with Crippen LogP contribution in [0, 0.1) is 0 Å². The fraction of sp³-hybridized carbons (Fsp3) is 0.188. The molecule has 20 heavy (non-hydrogen) atoms. The van der Waals surface area contributed by atoms with Gasteiger partial charge in [0.05, 0.1) is 15.8 Å². The van der Waals surface area contributed by atoms with Crippen molar-refractivity contribution in [2.24, 2.45) is 0 Å². The van der Waals surface area contributed by atoms with Crippen molar-refractivity contribution in [2.45, 2.75) is 13.0 Å². The van der Waals surface area contributed by atoms with Crippen LogP contribution in [-0.2, 0) is 0 Å². The van der Waals surface area contributed by atoms with Crippen molar-refractivity contribution < 1.29 is 0 Å². The molecule has 0 spiro atoms. The average Bonchev–Trinajstić information content (AvgIpc) is 2.84. The largest absolute Gasteiger partial charge is 0.313 e. The third kappa shape index (κ3) is 2.07. The molecule has 2 aromatic carbocycles. The normalized spacial score (nSPS) is 12.7. The fourth-order valence-electron chi connectivity index (χ4n) is 2.32. The minimum atomic E-state index is 0.0568. The molecule has 4 heteroatoms. The molecule has 0 fully saturated rings. The Morgan fingerprint density at radius 1 is 1.10 bits per heavy atom. The maximum Gasteiger partial charge on any atom is 0.273 e. The Labute approximate surface area is 121 Å². The number of rotatable bonds is 3. The van der Waals surface area contributed by atoms with Crippen LogP contribution < -0.4 is 10.9 Å². The van der Waals surface area contributed by atoms with E-state index in [-0.39, 0.29) is 11.6 Å². The van der Waals surface area contributed by atoms with Crippen LogP contribution in [0.3, 0.4) is 0 Å². The Morgan fingerprint density at radius 3 is 2.55 bits per heavy atom. The second-order valence-electron chi connectivity index (χ2n) is 4.76. The predicted molar refractivity (Wildman–Crippen MR) is 84.9 cm³/mol. The molecule has 3 rings (SSSR count). The summed E-state index contributed by atoms with van der Waals surface area (Å²) in [6.07, 6.45) is 0. The van der Waals surface area contributed by atoms with Gasteiger partial charge in [-0.1, -0.05) is 41.9 Å². The van der Waals surface area contributed by atoms with Crippen LogP contribution in [0.5, 0.6) is 0 Å². The molecule has 0 saturated carbocycles. The Balaban J connectivity index is 2.26. The standard InChI is InChI=1S/C16H16N2OS/c1-11(17-2)12-7-3-5-9-14(12)18-16(19)13-8-4-6-10-15(13)20-18/h3-11,17H,1-2H3. The molecule has 0 amide bonds. The van der Waals surface area contributed by atoms with Gasteiger partial charge in [-0.3, -0.25) is 4.79 Å². The van der Waals surface area contributed by atoms with Crippen LogP contribution in [0.25, 0.3) is 15.8 Å². The first-order valence-electron chi connectivity index (χ1n) is 6.60. The van der Waals surface area contributed by atoms with Gasteiger partial charge in [-0.15, -0.1) is 0 Å². The molecule has 3 nitrogen and oxygen atoms in total. The molecule has 0 aliphatic carbocycles. The van der Waals surface area contributed by atoms with Gasteiger partial charge in [0.15, 0.2) is 0 Å². The zero-order valence-corrected chi connectivity index (χ0v) is 12.3. The molecule has 0 radical (unpaired) electrons. The van der Waals surface area contributed by atoms with Crippen molar-refractivity contribution in [3.8, 4) is 5.69 Å². The minimum absolute atomic E-state index is 0.0568. The molecule has 0 aliphatic rings. The van der Waals surface area contributed by atoms with Gasteiger partial charge < -0.3 is 5.32 Å². The summed E-state index contributed by atoms with van der Waals surface area (Å²) >= 11 is 1.50. The van der Waals surface area contributed by atoms with Crippen molar-refractivity contribution >= 4 is 21.6 Å². The van der Waals surface area contributed by atoms with E-state index >= 15 is 0 Å². The second-order valence-corrected chi connectivity index (χ2v) is 5.74. The van der Waals surface area contributed by atoms with Crippen molar-refractivity contribution in [3.63, 3.8) is 0 Å². The molecular weight excluding hydrogens is 268 g/mol. The highest BCUT2D eigenvalue weighted by Crippen LogP contribution is 2.25. The maximum absolute atomic E-state index is 12.5. The Hall–Kier alpha value is -1.91. The minimum Gasteiger partial charge on any atom is -0.313 e. The summed E-state index contributed by atoms with van der Waals surface area (Å²) in [7, 11) is 1.93. The van der Waals surface area contributed by atoms with E-state index in [4.69, 9.17) is 0 Å². The predicted octanol–water partition coefficient (Wildman–Crippen LogP) is 3.33. The lowest BCUT2D eigenvalue weighted by molar-refractivity contribution is 0.649. The number of hydrogen-bond donors (Lipinski definition) is 1. The highest BCUT2D eigenvalue weighted by Gasteiger charge is 2.14. The summed E-state index contributed by atoms with van der Waals surface area (Å²) in [6, 6.07) is 16.0. The van der Waals surface area contributed by atoms with Gasteiger partial charge in [-0.25, -0.2) is 3.96 Å². The van der Waals surface area contributed by atoms with Crippen LogP contribution in [0.4, 0.5) is 0 Å². The van der Waals surface area contributed by atoms with E-state index in [1.165, 1.54) is 11.5 Å². The van der Waals surface area contributed by atoms with Crippen LogP contribution >= 0.6 is 11.5 Å². The van der Waals surface area contributed by atoms with E-state index < -0.39 is 0 Å². The van der Waals surface area contributed by atoms with Gasteiger partial charge in [0.25, 0.3) is 5.56 Å². The number of aromatic nitrogens is 1. The van der Waals surface area contributed by atoms with Gasteiger partial charge in [0.1, 0.15) is 0 Å². The van der Waals surface area contributed by atoms with E-state index in [1.54, 1.807) is 3.96 Å². The fourth-order valence-corrected chi connectivity index (χ4v) is 3.36. The molecule has 1 aromatic heterocycles. The third-order valence-corrected chi connectivity index (χ3v) is 4.64. The first-order valence-corrected chi connectivity index (χ1v) is 7.37. The quantitative estimate of drug-likeness (QED) is 0.800. The molecule has 1 heterocycles. The van der Waals surface area contributed by atoms with Gasteiger partial charge >= 0.3 is 0 Å². The molecule has 0 saturated heterocycles. The SMILES string of the molecule is CNC(C)c1ccccc1-n1sc2ccccc2c1=O. The summed E-state index contributed by atoms with van der Waals surface area (Å²) in [6.45, 7) is 2.09. The van der Waals surface area contributed by atoms with Gasteiger partial charge in [0.2, 0.25) is 0 Å². The first-order chi connectivity index (χ1) is 9.72. The summed E-state index contributed by atoms with van der Waals surface area (Å²) in [5.41, 5.74) is 2.14. The molecule has 0 bridgehead atoms.